The van der Waals surface area contributed by atoms with E-state index in [0.717, 1.165) is 25.0 Å². The maximum atomic E-state index is 13.3. The summed E-state index contributed by atoms with van der Waals surface area (Å²) in [5.41, 5.74) is 0.105. The van der Waals surface area contributed by atoms with Gasteiger partial charge in [0.05, 0.1) is 12.5 Å². The first-order valence-electron chi connectivity index (χ1n) is 9.34. The highest BCUT2D eigenvalue weighted by atomic mass is 19.2. The first kappa shape index (κ1) is 21.7. The number of nitrogens with zero attached hydrogens (tertiary/aromatic N) is 2. The highest BCUT2D eigenvalue weighted by molar-refractivity contribution is 5.97. The quantitative estimate of drug-likeness (QED) is 0.381. The summed E-state index contributed by atoms with van der Waals surface area (Å²) in [6.45, 7) is 2.20. The van der Waals surface area contributed by atoms with E-state index in [9.17, 15) is 28.4 Å². The molecule has 1 aliphatic heterocycles. The fourth-order valence-electron chi connectivity index (χ4n) is 3.35. The van der Waals surface area contributed by atoms with Gasteiger partial charge in [-0.3, -0.25) is 19.6 Å². The Morgan fingerprint density at radius 2 is 2.14 bits per heavy atom. The van der Waals surface area contributed by atoms with Crippen LogP contribution in [0.3, 0.4) is 0 Å². The Kier molecular flexibility index (Phi) is 7.86. The average molecular weight is 397 g/mol. The van der Waals surface area contributed by atoms with Gasteiger partial charge in [-0.2, -0.15) is 0 Å². The normalized spacial score (nSPS) is 17.3. The molecule has 3 amide bonds. The molecule has 154 valence electrons. The molecule has 1 aliphatic rings. The van der Waals surface area contributed by atoms with Crippen molar-refractivity contribution in [3.8, 4) is 0 Å². The van der Waals surface area contributed by atoms with E-state index in [-0.39, 0.29) is 24.5 Å². The number of amides is 3. The lowest BCUT2D eigenvalue weighted by Gasteiger charge is -2.29. The van der Waals surface area contributed by atoms with Crippen molar-refractivity contribution in [3.63, 3.8) is 0 Å². The Morgan fingerprint density at radius 3 is 2.79 bits per heavy atom. The van der Waals surface area contributed by atoms with Gasteiger partial charge in [-0.05, 0) is 31.4 Å². The van der Waals surface area contributed by atoms with Gasteiger partial charge in [0, 0.05) is 18.3 Å². The van der Waals surface area contributed by atoms with Crippen LogP contribution in [-0.4, -0.2) is 52.5 Å². The van der Waals surface area contributed by atoms with Crippen molar-refractivity contribution in [2.24, 2.45) is 5.92 Å². The Balaban J connectivity index is 2.09. The zero-order valence-electron chi connectivity index (χ0n) is 15.7. The molecule has 2 rings (SSSR count). The minimum absolute atomic E-state index is 0.105. The molecule has 1 heterocycles. The van der Waals surface area contributed by atoms with E-state index in [2.05, 4.69) is 5.32 Å². The molecule has 1 saturated heterocycles. The van der Waals surface area contributed by atoms with Gasteiger partial charge in [0.15, 0.2) is 11.6 Å². The van der Waals surface area contributed by atoms with Crippen molar-refractivity contribution < 1.29 is 28.4 Å². The highest BCUT2D eigenvalue weighted by Gasteiger charge is 2.37. The lowest BCUT2D eigenvalue weighted by Crippen LogP contribution is -2.47. The molecule has 2 atom stereocenters. The third-order valence-electron chi connectivity index (χ3n) is 4.81. The highest BCUT2D eigenvalue weighted by Crippen LogP contribution is 2.24. The van der Waals surface area contributed by atoms with Crippen LogP contribution < -0.4 is 5.32 Å². The summed E-state index contributed by atoms with van der Waals surface area (Å²) < 4.78 is 26.4. The smallest absolute Gasteiger partial charge is 0.247 e. The molecule has 0 radical (unpaired) electrons. The fraction of sp³-hybridized carbons (Fsp3) is 0.526. The second-order valence-electron chi connectivity index (χ2n) is 6.87. The third kappa shape index (κ3) is 5.48. The molecule has 1 aromatic rings. The van der Waals surface area contributed by atoms with Gasteiger partial charge >= 0.3 is 0 Å². The predicted octanol–water partition coefficient (Wildman–Crippen LogP) is 2.55. The molecular weight excluding hydrogens is 372 g/mol. The number of likely N-dealkylation sites (tertiary alicyclic amines) is 1. The number of unbranched alkanes of at least 4 members (excludes halogenated alkanes) is 1. The predicted molar refractivity (Wildman–Crippen MR) is 97.3 cm³/mol. The van der Waals surface area contributed by atoms with Gasteiger partial charge in [-0.15, -0.1) is 0 Å². The maximum Gasteiger partial charge on any atom is 0.247 e. The van der Waals surface area contributed by atoms with Gasteiger partial charge in [-0.1, -0.05) is 19.8 Å². The molecule has 0 saturated carbocycles. The van der Waals surface area contributed by atoms with Crippen LogP contribution in [0.1, 0.15) is 39.0 Å². The molecule has 0 aromatic heterocycles. The summed E-state index contributed by atoms with van der Waals surface area (Å²) in [5.74, 6) is -3.50. The summed E-state index contributed by atoms with van der Waals surface area (Å²) in [7, 11) is 0. The Hall–Kier alpha value is -2.55. The lowest BCUT2D eigenvalue weighted by molar-refractivity contribution is -0.157. The Bertz CT molecular complexity index is 716. The first-order chi connectivity index (χ1) is 13.4. The van der Waals surface area contributed by atoms with Crippen LogP contribution in [0, 0.1) is 17.6 Å². The maximum absolute atomic E-state index is 13.3. The number of benzene rings is 1. The number of hydrogen-bond donors (Lipinski definition) is 2. The Labute approximate surface area is 162 Å². The van der Waals surface area contributed by atoms with Crippen molar-refractivity contribution >= 4 is 23.9 Å². The molecular formula is C19H25F2N3O4. The summed E-state index contributed by atoms with van der Waals surface area (Å²) in [4.78, 5) is 37.7. The van der Waals surface area contributed by atoms with Gasteiger partial charge in [0.25, 0.3) is 0 Å². The number of hydrogen-bond acceptors (Lipinski definition) is 4. The van der Waals surface area contributed by atoms with Crippen LogP contribution in [0.5, 0.6) is 0 Å². The van der Waals surface area contributed by atoms with Crippen LogP contribution in [0.25, 0.3) is 0 Å². The number of anilines is 1. The topological polar surface area (TPSA) is 90.0 Å². The standard InChI is InChI=1S/C19H25F2N3O4/c1-2-3-5-13(11-23(28)12-25)19(27)24-9-4-6-17(24)18(26)22-14-7-8-15(20)16(21)10-14/h7-8,10,12-13,17,28H,2-6,9,11H2,1H3,(H,22,26)/t13-,17+/m1/s1. The van der Waals surface area contributed by atoms with Crippen molar-refractivity contribution in [1.29, 1.82) is 0 Å². The molecule has 0 spiro atoms. The summed E-state index contributed by atoms with van der Waals surface area (Å²) in [5, 5.41) is 12.4. The zero-order valence-corrected chi connectivity index (χ0v) is 15.7. The van der Waals surface area contributed by atoms with Crippen molar-refractivity contribution in [2.45, 2.75) is 45.1 Å². The van der Waals surface area contributed by atoms with Crippen molar-refractivity contribution in [1.82, 2.24) is 9.96 Å². The van der Waals surface area contributed by atoms with E-state index in [0.29, 0.717) is 30.9 Å². The molecule has 2 N–H and O–H groups in total. The minimum Gasteiger partial charge on any atom is -0.330 e. The van der Waals surface area contributed by atoms with Crippen LogP contribution in [0.4, 0.5) is 14.5 Å². The van der Waals surface area contributed by atoms with E-state index in [1.165, 1.54) is 11.0 Å². The molecule has 7 nitrogen and oxygen atoms in total. The fourth-order valence-corrected chi connectivity index (χ4v) is 3.35. The Morgan fingerprint density at radius 1 is 1.39 bits per heavy atom. The SMILES string of the molecule is CCCC[C@H](CN(O)C=O)C(=O)N1CCC[C@H]1C(=O)Nc1ccc(F)c(F)c1. The molecule has 28 heavy (non-hydrogen) atoms. The van der Waals surface area contributed by atoms with Gasteiger partial charge < -0.3 is 10.2 Å². The third-order valence-corrected chi connectivity index (χ3v) is 4.81. The molecule has 0 aliphatic carbocycles. The van der Waals surface area contributed by atoms with Crippen LogP contribution in [-0.2, 0) is 14.4 Å². The number of rotatable bonds is 9. The summed E-state index contributed by atoms with van der Waals surface area (Å²) in [6, 6.07) is 2.30. The summed E-state index contributed by atoms with van der Waals surface area (Å²) >= 11 is 0. The van der Waals surface area contributed by atoms with Crippen LogP contribution in [0.15, 0.2) is 18.2 Å². The lowest BCUT2D eigenvalue weighted by atomic mass is 9.99. The van der Waals surface area contributed by atoms with E-state index in [4.69, 9.17) is 0 Å². The van der Waals surface area contributed by atoms with E-state index in [1.54, 1.807) is 0 Å². The second kappa shape index (κ2) is 10.1. The van der Waals surface area contributed by atoms with E-state index in [1.807, 2.05) is 6.92 Å². The molecule has 1 aromatic carbocycles. The monoisotopic (exact) mass is 397 g/mol. The number of halogens is 2. The van der Waals surface area contributed by atoms with E-state index >= 15 is 0 Å². The largest absolute Gasteiger partial charge is 0.330 e. The number of nitrogens with one attached hydrogen (secondary N) is 1. The van der Waals surface area contributed by atoms with Crippen molar-refractivity contribution in [3.05, 3.63) is 29.8 Å². The second-order valence-corrected chi connectivity index (χ2v) is 6.87. The van der Waals surface area contributed by atoms with Gasteiger partial charge in [0.2, 0.25) is 18.2 Å². The van der Waals surface area contributed by atoms with Crippen LogP contribution in [0.2, 0.25) is 0 Å². The number of carbonyl (C=O) groups excluding carboxylic acids is 3. The minimum atomic E-state index is -1.08. The number of carbonyl (C=O) groups is 3. The zero-order chi connectivity index (χ0) is 20.7. The van der Waals surface area contributed by atoms with Gasteiger partial charge in [0.1, 0.15) is 6.04 Å². The van der Waals surface area contributed by atoms with Crippen molar-refractivity contribution in [2.75, 3.05) is 18.4 Å². The molecule has 9 heteroatoms. The molecule has 0 bridgehead atoms. The van der Waals surface area contributed by atoms with Crippen LogP contribution >= 0.6 is 0 Å². The number of hydroxylamine groups is 2. The molecule has 1 fully saturated rings. The molecule has 0 unspecified atom stereocenters. The first-order valence-corrected chi connectivity index (χ1v) is 9.34. The summed E-state index contributed by atoms with van der Waals surface area (Å²) in [6.07, 6.45) is 3.37. The van der Waals surface area contributed by atoms with Gasteiger partial charge in [-0.25, -0.2) is 13.8 Å². The van der Waals surface area contributed by atoms with E-state index < -0.39 is 29.5 Å². The average Bonchev–Trinajstić information content (AvgIpc) is 3.17.